The summed E-state index contributed by atoms with van der Waals surface area (Å²) < 4.78 is 0. The zero-order chi connectivity index (χ0) is 23.8. The molecule has 2 saturated heterocycles. The van der Waals surface area contributed by atoms with Crippen molar-refractivity contribution < 1.29 is 4.79 Å². The van der Waals surface area contributed by atoms with Crippen LogP contribution >= 0.6 is 0 Å². The van der Waals surface area contributed by atoms with Crippen molar-refractivity contribution in [2.75, 3.05) is 0 Å². The maximum atomic E-state index is 14.8. The first-order valence-corrected chi connectivity index (χ1v) is 12.4. The number of rotatable bonds is 4. The van der Waals surface area contributed by atoms with Gasteiger partial charge in [0.05, 0.1) is 11.3 Å². The summed E-state index contributed by atoms with van der Waals surface area (Å²) in [6.45, 7) is 2.15. The highest BCUT2D eigenvalue weighted by Gasteiger charge is 2.61. The number of nitrogens with one attached hydrogen (secondary N) is 2. The van der Waals surface area contributed by atoms with Crippen LogP contribution in [0.15, 0.2) is 121 Å². The zero-order valence-electron chi connectivity index (χ0n) is 19.8. The predicted molar refractivity (Wildman–Crippen MR) is 140 cm³/mol. The number of carbonyl (C=O) groups excluding carboxylic acids is 1. The molecule has 35 heavy (non-hydrogen) atoms. The number of piperidine rings is 2. The Morgan fingerprint density at radius 2 is 0.829 bits per heavy atom. The van der Waals surface area contributed by atoms with Crippen molar-refractivity contribution in [3.63, 3.8) is 0 Å². The Kier molecular flexibility index (Phi) is 5.60. The highest BCUT2D eigenvalue weighted by Crippen LogP contribution is 2.58. The number of Topliss-reactive ketones (excluding diaryl/α,β-unsaturated/α-hetero) is 1. The van der Waals surface area contributed by atoms with E-state index in [0.717, 1.165) is 22.3 Å². The number of ketones is 1. The number of fused-ring (bicyclic) bond motifs is 2. The summed E-state index contributed by atoms with van der Waals surface area (Å²) in [7, 11) is 0. The molecule has 2 unspecified atom stereocenters. The van der Waals surface area contributed by atoms with Crippen molar-refractivity contribution in [1.29, 1.82) is 0 Å². The standard InChI is InChI=1S/C32H30N2O/c1-32-29(24-18-10-4-11-19-24)33-27(22-14-6-2-7-15-22)26(31(32)35)28(23-16-8-3-9-17-23)34-30(32)25-20-12-5-13-21-25/h2-21,26-30,33-34H,1H3/t26?,27-,28+,29-,30+,32?. The lowest BCUT2D eigenvalue weighted by Crippen LogP contribution is -2.65. The second-order valence-electron chi connectivity index (χ2n) is 9.97. The Balaban J connectivity index is 1.56. The largest absolute Gasteiger partial charge is 0.301 e. The van der Waals surface area contributed by atoms with Crippen LogP contribution in [-0.2, 0) is 4.79 Å². The SMILES string of the molecule is CC12C(=O)C([C@@H](c3ccccc3)N[C@@H]1c1ccccc1)[C@H](c1ccccc1)N[C@H]2c1ccccc1. The molecule has 3 heteroatoms. The molecule has 3 nitrogen and oxygen atoms in total. The summed E-state index contributed by atoms with van der Waals surface area (Å²) in [6.07, 6.45) is 0. The van der Waals surface area contributed by atoms with Gasteiger partial charge >= 0.3 is 0 Å². The van der Waals surface area contributed by atoms with Gasteiger partial charge in [-0.15, -0.1) is 0 Å². The molecule has 6 rings (SSSR count). The van der Waals surface area contributed by atoms with E-state index >= 15 is 0 Å². The molecule has 2 aliphatic heterocycles. The summed E-state index contributed by atoms with van der Waals surface area (Å²) in [5.74, 6) is 0.0881. The molecule has 2 N–H and O–H groups in total. The maximum absolute atomic E-state index is 14.8. The van der Waals surface area contributed by atoms with E-state index in [9.17, 15) is 4.79 Å². The predicted octanol–water partition coefficient (Wildman–Crippen LogP) is 6.35. The lowest BCUT2D eigenvalue weighted by atomic mass is 9.56. The van der Waals surface area contributed by atoms with Crippen molar-refractivity contribution in [2.24, 2.45) is 11.3 Å². The van der Waals surface area contributed by atoms with Crippen molar-refractivity contribution in [2.45, 2.75) is 31.1 Å². The first kappa shape index (κ1) is 22.0. The zero-order valence-corrected chi connectivity index (χ0v) is 19.8. The van der Waals surface area contributed by atoms with Crippen molar-refractivity contribution in [1.82, 2.24) is 10.6 Å². The van der Waals surface area contributed by atoms with Gasteiger partial charge in [-0.3, -0.25) is 4.79 Å². The third-order valence-corrected chi connectivity index (χ3v) is 8.03. The normalized spacial score (nSPS) is 30.1. The van der Waals surface area contributed by atoms with Crippen LogP contribution in [0.4, 0.5) is 0 Å². The summed E-state index contributed by atoms with van der Waals surface area (Å²) in [4.78, 5) is 14.8. The lowest BCUT2D eigenvalue weighted by molar-refractivity contribution is -0.150. The first-order valence-electron chi connectivity index (χ1n) is 12.4. The third kappa shape index (κ3) is 3.63. The molecule has 2 heterocycles. The first-order chi connectivity index (χ1) is 17.2. The Labute approximate surface area is 207 Å². The fraction of sp³-hybridized carbons (Fsp3) is 0.219. The van der Waals surface area contributed by atoms with Crippen molar-refractivity contribution in [3.05, 3.63) is 144 Å². The molecule has 0 aliphatic carbocycles. The number of benzene rings is 4. The minimum Gasteiger partial charge on any atom is -0.301 e. The van der Waals surface area contributed by atoms with Crippen LogP contribution in [0.5, 0.6) is 0 Å². The van der Waals surface area contributed by atoms with E-state index in [1.54, 1.807) is 0 Å². The number of hydrogen-bond acceptors (Lipinski definition) is 3. The van der Waals surface area contributed by atoms with Gasteiger partial charge in [-0.1, -0.05) is 121 Å². The lowest BCUT2D eigenvalue weighted by Gasteiger charge is -2.58. The summed E-state index contributed by atoms with van der Waals surface area (Å²) in [6, 6.07) is 41.3. The van der Waals surface area contributed by atoms with E-state index in [-0.39, 0.29) is 30.1 Å². The van der Waals surface area contributed by atoms with Gasteiger partial charge in [0, 0.05) is 24.2 Å². The maximum Gasteiger partial charge on any atom is 0.149 e. The van der Waals surface area contributed by atoms with Gasteiger partial charge in [0.25, 0.3) is 0 Å². The smallest absolute Gasteiger partial charge is 0.149 e. The molecular weight excluding hydrogens is 428 g/mol. The summed E-state index contributed by atoms with van der Waals surface area (Å²) in [5.41, 5.74) is 3.92. The van der Waals surface area contributed by atoms with E-state index in [4.69, 9.17) is 0 Å². The van der Waals surface area contributed by atoms with Gasteiger partial charge in [0.2, 0.25) is 0 Å². The second-order valence-corrected chi connectivity index (χ2v) is 9.97. The van der Waals surface area contributed by atoms with E-state index in [2.05, 4.69) is 115 Å². The van der Waals surface area contributed by atoms with E-state index in [1.165, 1.54) is 0 Å². The average molecular weight is 459 g/mol. The van der Waals surface area contributed by atoms with Gasteiger partial charge < -0.3 is 10.6 Å². The minimum atomic E-state index is -0.663. The molecule has 0 radical (unpaired) electrons. The molecule has 4 aromatic carbocycles. The van der Waals surface area contributed by atoms with Crippen LogP contribution in [0.2, 0.25) is 0 Å². The molecule has 2 fully saturated rings. The van der Waals surface area contributed by atoms with E-state index < -0.39 is 5.41 Å². The van der Waals surface area contributed by atoms with Crippen LogP contribution in [0.25, 0.3) is 0 Å². The van der Waals surface area contributed by atoms with Crippen molar-refractivity contribution >= 4 is 5.78 Å². The molecule has 4 aromatic rings. The van der Waals surface area contributed by atoms with Gasteiger partial charge in [-0.25, -0.2) is 0 Å². The van der Waals surface area contributed by atoms with Crippen molar-refractivity contribution in [3.8, 4) is 0 Å². The molecular formula is C32H30N2O. The Bertz CT molecular complexity index is 1200. The summed E-state index contributed by atoms with van der Waals surface area (Å²) in [5, 5.41) is 8.00. The van der Waals surface area contributed by atoms with E-state index in [1.807, 2.05) is 24.3 Å². The number of hydrogen-bond donors (Lipinski definition) is 2. The highest BCUT2D eigenvalue weighted by molar-refractivity contribution is 5.92. The third-order valence-electron chi connectivity index (χ3n) is 8.03. The van der Waals surface area contributed by atoms with Gasteiger partial charge in [0.15, 0.2) is 0 Å². The molecule has 0 aromatic heterocycles. The van der Waals surface area contributed by atoms with Crippen LogP contribution in [0, 0.1) is 11.3 Å². The van der Waals surface area contributed by atoms with Crippen LogP contribution < -0.4 is 10.6 Å². The van der Waals surface area contributed by atoms with Gasteiger partial charge in [-0.05, 0) is 29.2 Å². The quantitative estimate of drug-likeness (QED) is 0.374. The molecule has 0 amide bonds. The average Bonchev–Trinajstić information content (AvgIpc) is 2.92. The van der Waals surface area contributed by atoms with Gasteiger partial charge in [-0.2, -0.15) is 0 Å². The molecule has 174 valence electrons. The van der Waals surface area contributed by atoms with Gasteiger partial charge in [0.1, 0.15) is 5.78 Å². The van der Waals surface area contributed by atoms with E-state index in [0.29, 0.717) is 5.78 Å². The molecule has 2 aliphatic rings. The fourth-order valence-corrected chi connectivity index (χ4v) is 6.32. The molecule has 6 atom stereocenters. The molecule has 0 saturated carbocycles. The Morgan fingerprint density at radius 3 is 1.17 bits per heavy atom. The monoisotopic (exact) mass is 458 g/mol. The van der Waals surface area contributed by atoms with Crippen LogP contribution in [0.1, 0.15) is 53.3 Å². The topological polar surface area (TPSA) is 41.1 Å². The second kappa shape index (κ2) is 8.92. The minimum absolute atomic E-state index is 0.101. The van der Waals surface area contributed by atoms with Crippen LogP contribution in [0.3, 0.4) is 0 Å². The summed E-state index contributed by atoms with van der Waals surface area (Å²) >= 11 is 0. The Hall–Kier alpha value is -3.53. The molecule has 2 bridgehead atoms. The molecule has 0 spiro atoms. The Morgan fingerprint density at radius 1 is 0.514 bits per heavy atom. The number of carbonyl (C=O) groups is 1. The van der Waals surface area contributed by atoms with Crippen LogP contribution in [-0.4, -0.2) is 5.78 Å². The highest BCUT2D eigenvalue weighted by atomic mass is 16.1. The fourth-order valence-electron chi connectivity index (χ4n) is 6.32.